The van der Waals surface area contributed by atoms with Crippen molar-refractivity contribution in [3.05, 3.63) is 0 Å². The molecule has 4 rings (SSSR count). The summed E-state index contributed by atoms with van der Waals surface area (Å²) in [6.45, 7) is 9.35. The first kappa shape index (κ1) is 16.6. The average Bonchev–Trinajstić information content (AvgIpc) is 3.27. The van der Waals surface area contributed by atoms with E-state index in [4.69, 9.17) is 9.47 Å². The first-order valence-corrected chi connectivity index (χ1v) is 9.60. The van der Waals surface area contributed by atoms with Crippen molar-refractivity contribution in [1.82, 2.24) is 0 Å². The molecule has 4 fully saturated rings. The van der Waals surface area contributed by atoms with Crippen LogP contribution in [0.5, 0.6) is 0 Å². The fourth-order valence-corrected chi connectivity index (χ4v) is 6.31. The van der Waals surface area contributed by atoms with E-state index in [9.17, 15) is 9.59 Å². The number of carbonyl (C=O) groups is 2. The number of cyclic esters (lactones) is 1. The number of ketones is 1. The van der Waals surface area contributed by atoms with Gasteiger partial charge in [-0.15, -0.1) is 0 Å². The number of ether oxygens (including phenoxy) is 2. The topological polar surface area (TPSA) is 55.9 Å². The van der Waals surface area contributed by atoms with E-state index >= 15 is 0 Å². The average molecular weight is 334 g/mol. The zero-order chi connectivity index (χ0) is 17.3. The monoisotopic (exact) mass is 334 g/mol. The van der Waals surface area contributed by atoms with Crippen molar-refractivity contribution in [2.24, 2.45) is 28.6 Å². The maximum absolute atomic E-state index is 13.2. The molecule has 0 radical (unpaired) electrons. The largest absolute Gasteiger partial charge is 0.465 e. The van der Waals surface area contributed by atoms with Gasteiger partial charge in [0.1, 0.15) is 11.7 Å². The highest BCUT2D eigenvalue weighted by molar-refractivity contribution is 5.91. The van der Waals surface area contributed by atoms with Crippen LogP contribution in [0.25, 0.3) is 0 Å². The van der Waals surface area contributed by atoms with Gasteiger partial charge in [-0.3, -0.25) is 9.59 Å². The molecule has 4 aliphatic rings. The van der Waals surface area contributed by atoms with E-state index in [1.165, 1.54) is 0 Å². The first-order valence-electron chi connectivity index (χ1n) is 9.60. The standard InChI is InChI=1S/C20H30O4/c1-12(2)20-9-6-13(16(22)17(20)24-20)19(4)8-5-7-18(3)11-23-15(21)10-14(18)19/h12-14,17H,5-11H2,1-4H3. The van der Waals surface area contributed by atoms with E-state index in [0.717, 1.165) is 32.1 Å². The highest BCUT2D eigenvalue weighted by Gasteiger charge is 2.68. The zero-order valence-electron chi connectivity index (χ0n) is 15.4. The van der Waals surface area contributed by atoms with Gasteiger partial charge < -0.3 is 9.47 Å². The summed E-state index contributed by atoms with van der Waals surface area (Å²) in [5, 5.41) is 0. The quantitative estimate of drug-likeness (QED) is 0.573. The summed E-state index contributed by atoms with van der Waals surface area (Å²) < 4.78 is 11.3. The maximum Gasteiger partial charge on any atom is 0.306 e. The number of esters is 1. The molecule has 24 heavy (non-hydrogen) atoms. The van der Waals surface area contributed by atoms with E-state index in [0.29, 0.717) is 24.7 Å². The van der Waals surface area contributed by atoms with Crippen LogP contribution in [0.4, 0.5) is 0 Å². The number of carbonyl (C=O) groups excluding carboxylic acids is 2. The van der Waals surface area contributed by atoms with Crippen LogP contribution in [-0.2, 0) is 19.1 Å². The molecule has 2 saturated carbocycles. The van der Waals surface area contributed by atoms with Crippen molar-refractivity contribution in [2.45, 2.75) is 77.9 Å². The van der Waals surface area contributed by atoms with Gasteiger partial charge in [-0.25, -0.2) is 0 Å². The highest BCUT2D eigenvalue weighted by atomic mass is 16.6. The maximum atomic E-state index is 13.2. The molecule has 134 valence electrons. The minimum Gasteiger partial charge on any atom is -0.465 e. The molecule has 2 saturated heterocycles. The zero-order valence-corrected chi connectivity index (χ0v) is 15.4. The SMILES string of the molecule is CC(C)C12CCC(C3(C)CCCC4(C)COC(=O)CC43)C(=O)C1O2. The van der Waals surface area contributed by atoms with Crippen LogP contribution in [0.3, 0.4) is 0 Å². The molecule has 0 aromatic rings. The first-order chi connectivity index (χ1) is 11.2. The van der Waals surface area contributed by atoms with Crippen LogP contribution in [0, 0.1) is 28.6 Å². The van der Waals surface area contributed by atoms with Crippen LogP contribution < -0.4 is 0 Å². The van der Waals surface area contributed by atoms with Crippen LogP contribution in [0.15, 0.2) is 0 Å². The number of Topliss-reactive ketones (excluding diaryl/α,β-unsaturated/α-hetero) is 1. The van der Waals surface area contributed by atoms with Crippen LogP contribution in [0.2, 0.25) is 0 Å². The Morgan fingerprint density at radius 3 is 2.58 bits per heavy atom. The van der Waals surface area contributed by atoms with Crippen molar-refractivity contribution in [3.8, 4) is 0 Å². The van der Waals surface area contributed by atoms with Crippen LogP contribution in [0.1, 0.15) is 66.2 Å². The van der Waals surface area contributed by atoms with E-state index in [1.54, 1.807) is 0 Å². The normalized spacial score (nSPS) is 51.0. The van der Waals surface area contributed by atoms with Gasteiger partial charge in [0.2, 0.25) is 0 Å². The molecule has 0 bridgehead atoms. The summed E-state index contributed by atoms with van der Waals surface area (Å²) in [5.41, 5.74) is -0.260. The lowest BCUT2D eigenvalue weighted by Gasteiger charge is -2.56. The molecule has 2 aliphatic carbocycles. The van der Waals surface area contributed by atoms with E-state index in [-0.39, 0.29) is 40.3 Å². The Hall–Kier alpha value is -0.900. The molecule has 4 heteroatoms. The third-order valence-corrected chi connectivity index (χ3v) is 7.96. The Morgan fingerprint density at radius 2 is 1.88 bits per heavy atom. The molecule has 0 N–H and O–H groups in total. The number of hydrogen-bond acceptors (Lipinski definition) is 4. The molecule has 0 amide bonds. The molecule has 0 aromatic heterocycles. The molecule has 0 aromatic carbocycles. The predicted octanol–water partition coefficient (Wildman–Crippen LogP) is 3.52. The van der Waals surface area contributed by atoms with Gasteiger partial charge in [0.15, 0.2) is 5.78 Å². The molecule has 2 heterocycles. The second-order valence-corrected chi connectivity index (χ2v) is 9.53. The second-order valence-electron chi connectivity index (χ2n) is 9.53. The van der Waals surface area contributed by atoms with Gasteiger partial charge in [0.05, 0.1) is 6.61 Å². The van der Waals surface area contributed by atoms with Crippen molar-refractivity contribution in [1.29, 1.82) is 0 Å². The van der Waals surface area contributed by atoms with Gasteiger partial charge in [-0.1, -0.05) is 34.1 Å². The fourth-order valence-electron chi connectivity index (χ4n) is 6.31. The van der Waals surface area contributed by atoms with Crippen molar-refractivity contribution in [2.75, 3.05) is 6.61 Å². The fraction of sp³-hybridized carbons (Fsp3) is 0.900. The molecule has 4 nitrogen and oxygen atoms in total. The molecule has 0 spiro atoms. The Kier molecular flexibility index (Phi) is 3.49. The van der Waals surface area contributed by atoms with E-state index in [1.807, 2.05) is 0 Å². The Balaban J connectivity index is 1.63. The Morgan fingerprint density at radius 1 is 1.12 bits per heavy atom. The summed E-state index contributed by atoms with van der Waals surface area (Å²) in [4.78, 5) is 25.2. The van der Waals surface area contributed by atoms with Gasteiger partial charge in [-0.05, 0) is 42.9 Å². The number of fused-ring (bicyclic) bond motifs is 2. The van der Waals surface area contributed by atoms with Crippen molar-refractivity contribution < 1.29 is 19.1 Å². The van der Waals surface area contributed by atoms with Gasteiger partial charge in [0.25, 0.3) is 0 Å². The molecule has 2 aliphatic heterocycles. The number of rotatable bonds is 2. The minimum atomic E-state index is -0.197. The third kappa shape index (κ3) is 2.07. The highest BCUT2D eigenvalue weighted by Crippen LogP contribution is 2.62. The molecule has 6 unspecified atom stereocenters. The van der Waals surface area contributed by atoms with E-state index < -0.39 is 0 Å². The second kappa shape index (κ2) is 5.06. The van der Waals surface area contributed by atoms with Crippen LogP contribution in [-0.4, -0.2) is 30.1 Å². The molecular formula is C20H30O4. The summed E-state index contributed by atoms with van der Waals surface area (Å²) in [5.74, 6) is 0.891. The summed E-state index contributed by atoms with van der Waals surface area (Å²) in [6, 6.07) is 0. The molecule has 6 atom stereocenters. The third-order valence-electron chi connectivity index (χ3n) is 7.96. The number of epoxide rings is 1. The minimum absolute atomic E-state index is 0.0260. The summed E-state index contributed by atoms with van der Waals surface area (Å²) >= 11 is 0. The lowest BCUT2D eigenvalue weighted by atomic mass is 9.48. The Labute approximate surface area is 144 Å². The summed E-state index contributed by atoms with van der Waals surface area (Å²) in [7, 11) is 0. The van der Waals surface area contributed by atoms with Crippen LogP contribution >= 0.6 is 0 Å². The smallest absolute Gasteiger partial charge is 0.306 e. The van der Waals surface area contributed by atoms with Gasteiger partial charge in [0, 0.05) is 17.8 Å². The Bertz CT molecular complexity index is 584. The predicted molar refractivity (Wildman–Crippen MR) is 89.3 cm³/mol. The summed E-state index contributed by atoms with van der Waals surface area (Å²) in [6.07, 6.45) is 5.41. The van der Waals surface area contributed by atoms with Crippen molar-refractivity contribution in [3.63, 3.8) is 0 Å². The number of hydrogen-bond donors (Lipinski definition) is 0. The van der Waals surface area contributed by atoms with Crippen molar-refractivity contribution >= 4 is 11.8 Å². The van der Waals surface area contributed by atoms with E-state index in [2.05, 4.69) is 27.7 Å². The molecular weight excluding hydrogens is 304 g/mol. The lowest BCUT2D eigenvalue weighted by molar-refractivity contribution is -0.179. The van der Waals surface area contributed by atoms with Gasteiger partial charge >= 0.3 is 5.97 Å². The van der Waals surface area contributed by atoms with Gasteiger partial charge in [-0.2, -0.15) is 0 Å². The lowest BCUT2D eigenvalue weighted by Crippen LogP contribution is -2.56.